The fourth-order valence-corrected chi connectivity index (χ4v) is 4.04. The minimum absolute atomic E-state index is 0.182. The van der Waals surface area contributed by atoms with Gasteiger partial charge in [-0.2, -0.15) is 14.8 Å². The first-order chi connectivity index (χ1) is 17.4. The molecule has 0 saturated heterocycles. The maximum atomic E-state index is 14.3. The number of nitrogens with two attached hydrogens (primary N) is 1. The molecule has 0 aliphatic rings. The topological polar surface area (TPSA) is 123 Å². The second-order valence-electron chi connectivity index (χ2n) is 8.26. The molecule has 2 aromatic carbocycles. The third kappa shape index (κ3) is 4.31. The summed E-state index contributed by atoms with van der Waals surface area (Å²) in [6.45, 7) is 0.182. The minimum Gasteiger partial charge on any atom is -0.465 e. The Morgan fingerprint density at radius 1 is 1.03 bits per heavy atom. The quantitative estimate of drug-likeness (QED) is 0.369. The lowest BCUT2D eigenvalue weighted by molar-refractivity contribution is 0.154. The molecule has 0 fully saturated rings. The summed E-state index contributed by atoms with van der Waals surface area (Å²) in [6, 6.07) is 17.5. The molecular weight excluding hydrogens is 461 g/mol. The second-order valence-corrected chi connectivity index (χ2v) is 8.26. The van der Waals surface area contributed by atoms with Crippen LogP contribution >= 0.6 is 0 Å². The number of carbonyl (C=O) groups is 1. The number of amides is 1. The molecule has 3 heterocycles. The van der Waals surface area contributed by atoms with Crippen LogP contribution in [0.3, 0.4) is 0 Å². The molecule has 0 spiro atoms. The summed E-state index contributed by atoms with van der Waals surface area (Å²) in [5.41, 5.74) is 10.8. The van der Waals surface area contributed by atoms with E-state index < -0.39 is 6.09 Å². The summed E-state index contributed by atoms with van der Waals surface area (Å²) < 4.78 is 15.8. The van der Waals surface area contributed by atoms with Crippen LogP contribution in [0, 0.1) is 5.82 Å². The molecule has 0 atom stereocenters. The molecule has 0 bridgehead atoms. The molecule has 9 nitrogen and oxygen atoms in total. The van der Waals surface area contributed by atoms with E-state index in [4.69, 9.17) is 5.73 Å². The van der Waals surface area contributed by atoms with Gasteiger partial charge in [0.1, 0.15) is 17.2 Å². The average Bonchev–Trinajstić information content (AvgIpc) is 3.24. The Kier molecular flexibility index (Phi) is 5.99. The van der Waals surface area contributed by atoms with E-state index in [-0.39, 0.29) is 30.5 Å². The molecule has 3 aromatic heterocycles. The van der Waals surface area contributed by atoms with Gasteiger partial charge >= 0.3 is 6.09 Å². The predicted molar refractivity (Wildman–Crippen MR) is 133 cm³/mol. The Hall–Kier alpha value is -4.86. The van der Waals surface area contributed by atoms with Crippen LogP contribution in [0.1, 0.15) is 16.8 Å². The van der Waals surface area contributed by atoms with Gasteiger partial charge in [-0.1, -0.05) is 42.5 Å². The van der Waals surface area contributed by atoms with Gasteiger partial charge < -0.3 is 15.7 Å². The molecule has 5 aromatic rings. The van der Waals surface area contributed by atoms with Crippen LogP contribution in [0.2, 0.25) is 0 Å². The van der Waals surface area contributed by atoms with Crippen molar-refractivity contribution in [3.63, 3.8) is 0 Å². The maximum absolute atomic E-state index is 14.3. The molecule has 3 N–H and O–H groups in total. The number of fused-ring (bicyclic) bond motifs is 1. The molecule has 0 aliphatic carbocycles. The van der Waals surface area contributed by atoms with E-state index in [1.54, 1.807) is 41.3 Å². The van der Waals surface area contributed by atoms with Crippen molar-refractivity contribution in [2.45, 2.75) is 13.0 Å². The summed E-state index contributed by atoms with van der Waals surface area (Å²) in [7, 11) is 1.50. The van der Waals surface area contributed by atoms with Crippen molar-refractivity contribution >= 4 is 22.9 Å². The summed E-state index contributed by atoms with van der Waals surface area (Å²) in [6.07, 6.45) is 2.47. The molecule has 0 aliphatic heterocycles. The molecule has 1 amide bonds. The lowest BCUT2D eigenvalue weighted by atomic mass is 10.0. The van der Waals surface area contributed by atoms with Gasteiger partial charge in [0, 0.05) is 38.0 Å². The maximum Gasteiger partial charge on any atom is 0.407 e. The SMILES string of the molecule is CN(Cc1ccccc1-c1cnc(-n2nc(Cc3ccccc3F)c3ncccc32)nc1N)C(=O)O. The third-order valence-corrected chi connectivity index (χ3v) is 5.86. The molecular formula is C26H22FN7O2. The van der Waals surface area contributed by atoms with Crippen molar-refractivity contribution in [1.82, 2.24) is 29.6 Å². The van der Waals surface area contributed by atoms with E-state index in [1.165, 1.54) is 18.0 Å². The average molecular weight is 484 g/mol. The highest BCUT2D eigenvalue weighted by Gasteiger charge is 2.18. The molecule has 180 valence electrons. The van der Waals surface area contributed by atoms with Crippen LogP contribution in [0.4, 0.5) is 15.0 Å². The highest BCUT2D eigenvalue weighted by atomic mass is 19.1. The highest BCUT2D eigenvalue weighted by Crippen LogP contribution is 2.29. The number of benzene rings is 2. The summed E-state index contributed by atoms with van der Waals surface area (Å²) in [5.74, 6) is 0.149. The van der Waals surface area contributed by atoms with E-state index >= 15 is 0 Å². The minimum atomic E-state index is -1.03. The Balaban J connectivity index is 1.54. The smallest absolute Gasteiger partial charge is 0.407 e. The highest BCUT2D eigenvalue weighted by molar-refractivity contribution is 5.80. The number of halogens is 1. The number of anilines is 1. The number of hydrogen-bond donors (Lipinski definition) is 2. The number of rotatable bonds is 6. The van der Waals surface area contributed by atoms with Crippen LogP contribution in [0.25, 0.3) is 28.1 Å². The summed E-state index contributed by atoms with van der Waals surface area (Å²) in [5, 5.41) is 13.9. The zero-order valence-corrected chi connectivity index (χ0v) is 19.3. The van der Waals surface area contributed by atoms with Crippen LogP contribution in [0.15, 0.2) is 73.1 Å². The third-order valence-electron chi connectivity index (χ3n) is 5.86. The molecule has 36 heavy (non-hydrogen) atoms. The Labute approximate surface area is 205 Å². The summed E-state index contributed by atoms with van der Waals surface area (Å²) in [4.78, 5) is 25.9. The van der Waals surface area contributed by atoms with Gasteiger partial charge in [0.25, 0.3) is 5.95 Å². The van der Waals surface area contributed by atoms with Gasteiger partial charge in [0.05, 0.1) is 11.2 Å². The van der Waals surface area contributed by atoms with E-state index in [9.17, 15) is 14.3 Å². The number of nitrogen functional groups attached to an aromatic ring is 1. The van der Waals surface area contributed by atoms with Gasteiger partial charge in [0.15, 0.2) is 0 Å². The Bertz CT molecular complexity index is 1580. The van der Waals surface area contributed by atoms with Crippen LogP contribution in [-0.2, 0) is 13.0 Å². The van der Waals surface area contributed by atoms with Gasteiger partial charge in [-0.15, -0.1) is 0 Å². The van der Waals surface area contributed by atoms with E-state index in [0.717, 1.165) is 11.1 Å². The van der Waals surface area contributed by atoms with Crippen molar-refractivity contribution in [3.8, 4) is 17.1 Å². The standard InChI is InChI=1S/C26H22FN7O2/c1-33(26(35)36)15-17-8-2-4-9-18(17)19-14-30-25(31-24(19)28)34-22-11-6-12-29-23(22)21(32-34)13-16-7-3-5-10-20(16)27/h2-12,14H,13,15H2,1H3,(H,35,36)(H2,28,30,31). The monoisotopic (exact) mass is 483 g/mol. The molecule has 10 heteroatoms. The number of pyridine rings is 1. The van der Waals surface area contributed by atoms with E-state index in [0.29, 0.717) is 27.9 Å². The van der Waals surface area contributed by atoms with Crippen molar-refractivity contribution in [2.75, 3.05) is 12.8 Å². The summed E-state index contributed by atoms with van der Waals surface area (Å²) >= 11 is 0. The van der Waals surface area contributed by atoms with Gasteiger partial charge in [-0.05, 0) is 34.9 Å². The first-order valence-corrected chi connectivity index (χ1v) is 11.1. The van der Waals surface area contributed by atoms with Crippen LogP contribution < -0.4 is 5.73 Å². The van der Waals surface area contributed by atoms with Crippen molar-refractivity contribution in [3.05, 3.63) is 95.7 Å². The fraction of sp³-hybridized carbons (Fsp3) is 0.115. The zero-order valence-electron chi connectivity index (χ0n) is 19.3. The van der Waals surface area contributed by atoms with Crippen molar-refractivity contribution < 1.29 is 14.3 Å². The molecule has 0 unspecified atom stereocenters. The predicted octanol–water partition coefficient (Wildman–Crippen LogP) is 4.30. The van der Waals surface area contributed by atoms with Gasteiger partial charge in [-0.25, -0.2) is 14.2 Å². The van der Waals surface area contributed by atoms with Gasteiger partial charge in [-0.3, -0.25) is 4.98 Å². The number of hydrogen-bond acceptors (Lipinski definition) is 6. The van der Waals surface area contributed by atoms with Crippen LogP contribution in [-0.4, -0.2) is 47.9 Å². The first-order valence-electron chi connectivity index (χ1n) is 11.1. The molecule has 0 saturated carbocycles. The van der Waals surface area contributed by atoms with Crippen molar-refractivity contribution in [1.29, 1.82) is 0 Å². The largest absolute Gasteiger partial charge is 0.465 e. The fourth-order valence-electron chi connectivity index (χ4n) is 4.04. The van der Waals surface area contributed by atoms with Crippen molar-refractivity contribution in [2.24, 2.45) is 0 Å². The van der Waals surface area contributed by atoms with E-state index in [1.807, 2.05) is 30.3 Å². The van der Waals surface area contributed by atoms with E-state index in [2.05, 4.69) is 20.1 Å². The molecule has 5 rings (SSSR count). The zero-order chi connectivity index (χ0) is 25.2. The number of carboxylic acid groups (broad SMARTS) is 1. The Morgan fingerprint density at radius 3 is 2.53 bits per heavy atom. The second kappa shape index (κ2) is 9.41. The van der Waals surface area contributed by atoms with Gasteiger partial charge in [0.2, 0.25) is 0 Å². The number of aromatic nitrogens is 5. The number of nitrogens with zero attached hydrogens (tertiary/aromatic N) is 6. The normalized spacial score (nSPS) is 11.1. The lowest BCUT2D eigenvalue weighted by Crippen LogP contribution is -2.24. The van der Waals surface area contributed by atoms with Crippen LogP contribution in [0.5, 0.6) is 0 Å². The lowest BCUT2D eigenvalue weighted by Gasteiger charge is -2.17. The molecule has 0 radical (unpaired) electrons. The first kappa shape index (κ1) is 22.9. The Morgan fingerprint density at radius 2 is 1.78 bits per heavy atom.